The third-order valence-electron chi connectivity index (χ3n) is 2.28. The maximum absolute atomic E-state index is 4.14. The van der Waals surface area contributed by atoms with Crippen LogP contribution in [0.3, 0.4) is 0 Å². The van der Waals surface area contributed by atoms with E-state index in [4.69, 9.17) is 0 Å². The van der Waals surface area contributed by atoms with E-state index < -0.39 is 0 Å². The summed E-state index contributed by atoms with van der Waals surface area (Å²) in [5.41, 5.74) is 1.12. The minimum Gasteiger partial charge on any atom is -0.357 e. The van der Waals surface area contributed by atoms with Crippen molar-refractivity contribution in [3.05, 3.63) is 17.8 Å². The fraction of sp³-hybridized carbons (Fsp3) is 0.667. The van der Waals surface area contributed by atoms with Gasteiger partial charge >= 0.3 is 0 Å². The van der Waals surface area contributed by atoms with Crippen LogP contribution >= 0.6 is 0 Å². The van der Waals surface area contributed by atoms with E-state index in [2.05, 4.69) is 41.2 Å². The standard InChI is InChI=1S/C12H22N4/c1-10-6-7-11(15-14-10)16(5)9-8-13-12(2,3)4/h6-7,13H,8-9H2,1-5H3. The summed E-state index contributed by atoms with van der Waals surface area (Å²) in [4.78, 5) is 2.10. The molecule has 0 saturated carbocycles. The first kappa shape index (κ1) is 12.9. The number of nitrogens with zero attached hydrogens (tertiary/aromatic N) is 3. The zero-order chi connectivity index (χ0) is 12.2. The molecule has 1 heterocycles. The fourth-order valence-electron chi connectivity index (χ4n) is 1.31. The van der Waals surface area contributed by atoms with Gasteiger partial charge in [-0.25, -0.2) is 0 Å². The van der Waals surface area contributed by atoms with Crippen molar-refractivity contribution in [3.8, 4) is 0 Å². The topological polar surface area (TPSA) is 41.0 Å². The van der Waals surface area contributed by atoms with Crippen LogP contribution in [0.4, 0.5) is 5.82 Å². The number of aryl methyl sites for hydroxylation is 1. The van der Waals surface area contributed by atoms with Crippen molar-refractivity contribution >= 4 is 5.82 Å². The molecule has 0 aliphatic heterocycles. The average Bonchev–Trinajstić information content (AvgIpc) is 2.16. The zero-order valence-corrected chi connectivity index (χ0v) is 10.9. The molecule has 1 rings (SSSR count). The second-order valence-electron chi connectivity index (χ2n) is 5.13. The van der Waals surface area contributed by atoms with E-state index in [9.17, 15) is 0 Å². The van der Waals surface area contributed by atoms with Gasteiger partial charge in [-0.15, -0.1) is 5.10 Å². The number of anilines is 1. The molecule has 4 heteroatoms. The van der Waals surface area contributed by atoms with Gasteiger partial charge in [0.05, 0.1) is 5.69 Å². The highest BCUT2D eigenvalue weighted by Crippen LogP contribution is 2.06. The summed E-state index contributed by atoms with van der Waals surface area (Å²) in [7, 11) is 2.03. The van der Waals surface area contributed by atoms with Gasteiger partial charge in [0.1, 0.15) is 0 Å². The summed E-state index contributed by atoms with van der Waals surface area (Å²) >= 11 is 0. The third-order valence-corrected chi connectivity index (χ3v) is 2.28. The largest absolute Gasteiger partial charge is 0.357 e. The Labute approximate surface area is 98.1 Å². The van der Waals surface area contributed by atoms with E-state index in [1.807, 2.05) is 26.1 Å². The number of rotatable bonds is 4. The summed E-state index contributed by atoms with van der Waals surface area (Å²) in [6.07, 6.45) is 0. The molecule has 1 aromatic rings. The van der Waals surface area contributed by atoms with Crippen LogP contribution in [-0.4, -0.2) is 35.9 Å². The highest BCUT2D eigenvalue weighted by molar-refractivity contribution is 5.35. The Morgan fingerprint density at radius 2 is 1.94 bits per heavy atom. The SMILES string of the molecule is Cc1ccc(N(C)CCNC(C)(C)C)nn1. The smallest absolute Gasteiger partial charge is 0.151 e. The van der Waals surface area contributed by atoms with Gasteiger partial charge in [0.25, 0.3) is 0 Å². The second-order valence-corrected chi connectivity index (χ2v) is 5.13. The van der Waals surface area contributed by atoms with Gasteiger partial charge in [0, 0.05) is 25.7 Å². The number of hydrogen-bond donors (Lipinski definition) is 1. The highest BCUT2D eigenvalue weighted by Gasteiger charge is 2.09. The number of aromatic nitrogens is 2. The Hall–Kier alpha value is -1.16. The zero-order valence-electron chi connectivity index (χ0n) is 10.9. The molecule has 0 bridgehead atoms. The number of hydrogen-bond acceptors (Lipinski definition) is 4. The third kappa shape index (κ3) is 4.57. The van der Waals surface area contributed by atoms with Crippen molar-refractivity contribution in [1.29, 1.82) is 0 Å². The van der Waals surface area contributed by atoms with Crippen LogP contribution in [0.25, 0.3) is 0 Å². The monoisotopic (exact) mass is 222 g/mol. The van der Waals surface area contributed by atoms with Crippen LogP contribution < -0.4 is 10.2 Å². The molecule has 0 aromatic carbocycles. The van der Waals surface area contributed by atoms with Gasteiger partial charge in [0.2, 0.25) is 0 Å². The normalized spacial score (nSPS) is 11.6. The van der Waals surface area contributed by atoms with Gasteiger partial charge in [0.15, 0.2) is 5.82 Å². The lowest BCUT2D eigenvalue weighted by Crippen LogP contribution is -2.40. The van der Waals surface area contributed by atoms with Gasteiger partial charge in [-0.05, 0) is 39.8 Å². The van der Waals surface area contributed by atoms with Crippen LogP contribution in [-0.2, 0) is 0 Å². The Balaban J connectivity index is 2.41. The van der Waals surface area contributed by atoms with E-state index in [1.165, 1.54) is 0 Å². The highest BCUT2D eigenvalue weighted by atomic mass is 15.2. The van der Waals surface area contributed by atoms with Gasteiger partial charge in [-0.3, -0.25) is 0 Å². The minimum atomic E-state index is 0.166. The van der Waals surface area contributed by atoms with Crippen molar-refractivity contribution in [3.63, 3.8) is 0 Å². The lowest BCUT2D eigenvalue weighted by molar-refractivity contribution is 0.430. The maximum Gasteiger partial charge on any atom is 0.151 e. The summed E-state index contributed by atoms with van der Waals surface area (Å²) in [5, 5.41) is 11.6. The molecule has 16 heavy (non-hydrogen) atoms. The maximum atomic E-state index is 4.14. The fourth-order valence-corrected chi connectivity index (χ4v) is 1.31. The molecule has 0 atom stereocenters. The second kappa shape index (κ2) is 5.25. The molecule has 0 fully saturated rings. The van der Waals surface area contributed by atoms with Crippen molar-refractivity contribution in [2.24, 2.45) is 0 Å². The van der Waals surface area contributed by atoms with Crippen molar-refractivity contribution in [2.75, 3.05) is 25.0 Å². The first-order valence-corrected chi connectivity index (χ1v) is 5.65. The molecule has 0 amide bonds. The van der Waals surface area contributed by atoms with Crippen LogP contribution in [0.2, 0.25) is 0 Å². The Morgan fingerprint density at radius 1 is 1.25 bits per heavy atom. The summed E-state index contributed by atoms with van der Waals surface area (Å²) < 4.78 is 0. The lowest BCUT2D eigenvalue weighted by atomic mass is 10.1. The molecule has 0 aliphatic rings. The molecule has 1 aromatic heterocycles. The molecule has 0 radical (unpaired) electrons. The summed E-state index contributed by atoms with van der Waals surface area (Å²) in [5.74, 6) is 0.918. The predicted octanol–water partition coefficient (Wildman–Crippen LogP) is 1.61. The molecular weight excluding hydrogens is 200 g/mol. The first-order valence-electron chi connectivity index (χ1n) is 5.65. The molecular formula is C12H22N4. The number of nitrogens with one attached hydrogen (secondary N) is 1. The Kier molecular flexibility index (Phi) is 4.24. The molecule has 0 spiro atoms. The van der Waals surface area contributed by atoms with Crippen LogP contribution in [0.5, 0.6) is 0 Å². The van der Waals surface area contributed by atoms with Crippen molar-refractivity contribution in [1.82, 2.24) is 15.5 Å². The van der Waals surface area contributed by atoms with E-state index in [0.717, 1.165) is 24.6 Å². The van der Waals surface area contributed by atoms with Gasteiger partial charge in [-0.2, -0.15) is 5.10 Å². The van der Waals surface area contributed by atoms with E-state index in [0.29, 0.717) is 0 Å². The molecule has 0 saturated heterocycles. The van der Waals surface area contributed by atoms with Gasteiger partial charge < -0.3 is 10.2 Å². The minimum absolute atomic E-state index is 0.166. The van der Waals surface area contributed by atoms with Crippen LogP contribution in [0, 0.1) is 6.92 Å². The van der Waals surface area contributed by atoms with Gasteiger partial charge in [-0.1, -0.05) is 0 Å². The van der Waals surface area contributed by atoms with Crippen molar-refractivity contribution < 1.29 is 0 Å². The number of likely N-dealkylation sites (N-methyl/N-ethyl adjacent to an activating group) is 1. The first-order chi connectivity index (χ1) is 7.38. The quantitative estimate of drug-likeness (QED) is 0.840. The van der Waals surface area contributed by atoms with E-state index in [1.54, 1.807) is 0 Å². The molecule has 0 unspecified atom stereocenters. The van der Waals surface area contributed by atoms with Crippen LogP contribution in [0.15, 0.2) is 12.1 Å². The molecule has 4 nitrogen and oxygen atoms in total. The molecule has 1 N–H and O–H groups in total. The molecule has 0 aliphatic carbocycles. The van der Waals surface area contributed by atoms with E-state index >= 15 is 0 Å². The van der Waals surface area contributed by atoms with Crippen LogP contribution in [0.1, 0.15) is 26.5 Å². The summed E-state index contributed by atoms with van der Waals surface area (Å²) in [6, 6.07) is 3.98. The molecule has 90 valence electrons. The Morgan fingerprint density at radius 3 is 2.44 bits per heavy atom. The lowest BCUT2D eigenvalue weighted by Gasteiger charge is -2.23. The van der Waals surface area contributed by atoms with Crippen molar-refractivity contribution in [2.45, 2.75) is 33.2 Å². The Bertz CT molecular complexity index is 313. The summed E-state index contributed by atoms with van der Waals surface area (Å²) in [6.45, 7) is 10.3. The van der Waals surface area contributed by atoms with E-state index in [-0.39, 0.29) is 5.54 Å². The average molecular weight is 222 g/mol. The predicted molar refractivity (Wildman–Crippen MR) is 67.8 cm³/mol.